The Hall–Kier alpha value is -1.65. The molecule has 0 aromatic heterocycles. The van der Waals surface area contributed by atoms with Crippen LogP contribution in [0.15, 0.2) is 47.4 Å². The molecule has 0 fully saturated rings. The maximum atomic E-state index is 6.02. The smallest absolute Gasteiger partial charge is 0.124 e. The number of hydrogen-bond acceptors (Lipinski definition) is 4. The van der Waals surface area contributed by atoms with E-state index >= 15 is 0 Å². The highest BCUT2D eigenvalue weighted by atomic mass is 32.2. The molecular weight excluding hydrogens is 282 g/mol. The summed E-state index contributed by atoms with van der Waals surface area (Å²) < 4.78 is 11.2. The number of benzene rings is 2. The van der Waals surface area contributed by atoms with Gasteiger partial charge in [-0.05, 0) is 29.8 Å². The van der Waals surface area contributed by atoms with E-state index in [1.165, 1.54) is 10.5 Å². The Morgan fingerprint density at radius 2 is 2.10 bits per heavy atom. The fourth-order valence-electron chi connectivity index (χ4n) is 2.54. The van der Waals surface area contributed by atoms with Gasteiger partial charge in [-0.1, -0.05) is 18.2 Å². The van der Waals surface area contributed by atoms with Crippen molar-refractivity contribution < 1.29 is 9.47 Å². The Balaban J connectivity index is 1.71. The Morgan fingerprint density at radius 3 is 2.90 bits per heavy atom. The number of fused-ring (bicyclic) bond motifs is 1. The molecule has 2 aromatic rings. The minimum absolute atomic E-state index is 0.443. The average molecular weight is 301 g/mol. The highest BCUT2D eigenvalue weighted by Crippen LogP contribution is 2.39. The molecule has 1 aliphatic rings. The lowest BCUT2D eigenvalue weighted by Gasteiger charge is -2.15. The van der Waals surface area contributed by atoms with Gasteiger partial charge in [0.25, 0.3) is 0 Å². The summed E-state index contributed by atoms with van der Waals surface area (Å²) in [5.41, 5.74) is 8.17. The summed E-state index contributed by atoms with van der Waals surface area (Å²) in [6.45, 7) is 1.13. The first kappa shape index (κ1) is 14.3. The monoisotopic (exact) mass is 301 g/mol. The highest BCUT2D eigenvalue weighted by molar-refractivity contribution is 7.99. The first-order valence-corrected chi connectivity index (χ1v) is 8.02. The third-order valence-electron chi connectivity index (χ3n) is 3.73. The normalized spacial score (nSPS) is 16.6. The summed E-state index contributed by atoms with van der Waals surface area (Å²) in [5.74, 6) is 3.18. The lowest BCUT2D eigenvalue weighted by atomic mass is 10.0. The van der Waals surface area contributed by atoms with Crippen LogP contribution in [-0.4, -0.2) is 19.5 Å². The molecule has 2 aromatic carbocycles. The predicted molar refractivity (Wildman–Crippen MR) is 86.3 cm³/mol. The molecule has 0 aliphatic carbocycles. The van der Waals surface area contributed by atoms with E-state index in [0.29, 0.717) is 19.1 Å². The lowest BCUT2D eigenvalue weighted by molar-refractivity contribution is 0.294. The molecule has 3 rings (SSSR count). The molecule has 0 radical (unpaired) electrons. The Bertz CT molecular complexity index is 630. The zero-order chi connectivity index (χ0) is 14.7. The average Bonchev–Trinajstić information content (AvgIpc) is 2.96. The van der Waals surface area contributed by atoms with Crippen molar-refractivity contribution in [3.8, 4) is 11.5 Å². The number of hydrogen-bond donors (Lipinski definition) is 1. The van der Waals surface area contributed by atoms with Crippen LogP contribution in [0, 0.1) is 0 Å². The van der Waals surface area contributed by atoms with Crippen molar-refractivity contribution in [2.75, 3.05) is 19.5 Å². The summed E-state index contributed by atoms with van der Waals surface area (Å²) in [7, 11) is 1.66. The van der Waals surface area contributed by atoms with Crippen molar-refractivity contribution >= 4 is 11.8 Å². The fraction of sp³-hybridized carbons (Fsp3) is 0.294. The van der Waals surface area contributed by atoms with Gasteiger partial charge < -0.3 is 15.2 Å². The number of nitrogens with two attached hydrogens (primary N) is 1. The standard InChI is InChI=1S/C17H19NO2S/c1-19-14-6-7-16(12(8-14)9-18)20-10-13-11-21-17-5-3-2-4-15(13)17/h2-8,13H,9-11,18H2,1H3. The minimum Gasteiger partial charge on any atom is -0.497 e. The van der Waals surface area contributed by atoms with Crippen LogP contribution in [0.3, 0.4) is 0 Å². The fourth-order valence-corrected chi connectivity index (χ4v) is 3.77. The molecule has 1 unspecified atom stereocenters. The summed E-state index contributed by atoms with van der Waals surface area (Å²) in [6.07, 6.45) is 0. The molecule has 1 aliphatic heterocycles. The van der Waals surface area contributed by atoms with Gasteiger partial charge in [-0.25, -0.2) is 0 Å². The first-order chi connectivity index (χ1) is 10.3. The van der Waals surface area contributed by atoms with Gasteiger partial charge in [-0.3, -0.25) is 0 Å². The number of ether oxygens (including phenoxy) is 2. The Morgan fingerprint density at radius 1 is 1.24 bits per heavy atom. The SMILES string of the molecule is COc1ccc(OCC2CSc3ccccc32)c(CN)c1. The van der Waals surface area contributed by atoms with E-state index in [4.69, 9.17) is 15.2 Å². The van der Waals surface area contributed by atoms with E-state index in [-0.39, 0.29) is 0 Å². The third kappa shape index (κ3) is 3.01. The van der Waals surface area contributed by atoms with Gasteiger partial charge in [-0.15, -0.1) is 11.8 Å². The van der Waals surface area contributed by atoms with Gasteiger partial charge in [0.15, 0.2) is 0 Å². The van der Waals surface area contributed by atoms with Crippen LogP contribution in [0.4, 0.5) is 0 Å². The zero-order valence-electron chi connectivity index (χ0n) is 12.0. The molecule has 0 bridgehead atoms. The van der Waals surface area contributed by atoms with Crippen LogP contribution in [0.25, 0.3) is 0 Å². The molecule has 0 amide bonds. The molecule has 1 heterocycles. The third-order valence-corrected chi connectivity index (χ3v) is 4.98. The van der Waals surface area contributed by atoms with E-state index in [1.54, 1.807) is 7.11 Å². The van der Waals surface area contributed by atoms with E-state index in [0.717, 1.165) is 22.8 Å². The van der Waals surface area contributed by atoms with E-state index in [2.05, 4.69) is 24.3 Å². The van der Waals surface area contributed by atoms with Gasteiger partial charge in [0.2, 0.25) is 0 Å². The molecule has 2 N–H and O–H groups in total. The number of methoxy groups -OCH3 is 1. The maximum absolute atomic E-state index is 6.02. The second kappa shape index (κ2) is 6.41. The van der Waals surface area contributed by atoms with E-state index in [9.17, 15) is 0 Å². The van der Waals surface area contributed by atoms with Gasteiger partial charge >= 0.3 is 0 Å². The van der Waals surface area contributed by atoms with Gasteiger partial charge in [0, 0.05) is 28.7 Å². The number of thioether (sulfide) groups is 1. The molecule has 4 heteroatoms. The summed E-state index contributed by atoms with van der Waals surface area (Å²) in [6, 6.07) is 14.3. The van der Waals surface area contributed by atoms with Crippen molar-refractivity contribution in [2.45, 2.75) is 17.4 Å². The molecule has 3 nitrogen and oxygen atoms in total. The molecule has 0 spiro atoms. The van der Waals surface area contributed by atoms with Gasteiger partial charge in [-0.2, -0.15) is 0 Å². The second-order valence-corrected chi connectivity index (χ2v) is 6.10. The predicted octanol–water partition coefficient (Wildman–Crippen LogP) is 3.42. The minimum atomic E-state index is 0.443. The van der Waals surface area contributed by atoms with Crippen molar-refractivity contribution in [1.82, 2.24) is 0 Å². The van der Waals surface area contributed by atoms with E-state index in [1.807, 2.05) is 30.0 Å². The van der Waals surface area contributed by atoms with Crippen molar-refractivity contribution in [3.63, 3.8) is 0 Å². The topological polar surface area (TPSA) is 44.5 Å². The Kier molecular flexibility index (Phi) is 4.36. The van der Waals surface area contributed by atoms with Crippen LogP contribution in [0.1, 0.15) is 17.0 Å². The van der Waals surface area contributed by atoms with Crippen molar-refractivity contribution in [2.24, 2.45) is 5.73 Å². The van der Waals surface area contributed by atoms with Crippen LogP contribution >= 0.6 is 11.8 Å². The van der Waals surface area contributed by atoms with Gasteiger partial charge in [0.05, 0.1) is 13.7 Å². The van der Waals surface area contributed by atoms with Crippen LogP contribution < -0.4 is 15.2 Å². The largest absolute Gasteiger partial charge is 0.497 e. The molecule has 0 saturated heterocycles. The Labute approximate surface area is 129 Å². The lowest BCUT2D eigenvalue weighted by Crippen LogP contribution is -2.11. The molecular formula is C17H19NO2S. The summed E-state index contributed by atoms with van der Waals surface area (Å²) in [4.78, 5) is 1.37. The van der Waals surface area contributed by atoms with Crippen LogP contribution in [0.5, 0.6) is 11.5 Å². The van der Waals surface area contributed by atoms with Crippen molar-refractivity contribution in [3.05, 3.63) is 53.6 Å². The summed E-state index contributed by atoms with van der Waals surface area (Å²) in [5, 5.41) is 0. The molecule has 1 atom stereocenters. The van der Waals surface area contributed by atoms with E-state index < -0.39 is 0 Å². The molecule has 110 valence electrons. The van der Waals surface area contributed by atoms with Crippen LogP contribution in [0.2, 0.25) is 0 Å². The molecule has 21 heavy (non-hydrogen) atoms. The van der Waals surface area contributed by atoms with Crippen molar-refractivity contribution in [1.29, 1.82) is 0 Å². The van der Waals surface area contributed by atoms with Crippen LogP contribution in [-0.2, 0) is 6.54 Å². The maximum Gasteiger partial charge on any atom is 0.124 e. The first-order valence-electron chi connectivity index (χ1n) is 7.03. The second-order valence-electron chi connectivity index (χ2n) is 5.03. The highest BCUT2D eigenvalue weighted by Gasteiger charge is 2.23. The quantitative estimate of drug-likeness (QED) is 0.919. The van der Waals surface area contributed by atoms with Gasteiger partial charge in [0.1, 0.15) is 11.5 Å². The number of rotatable bonds is 5. The molecule has 0 saturated carbocycles. The summed E-state index contributed by atoms with van der Waals surface area (Å²) >= 11 is 1.90. The zero-order valence-corrected chi connectivity index (χ0v) is 12.9.